The Kier molecular flexibility index (Phi) is 11.8. The van der Waals surface area contributed by atoms with Gasteiger partial charge in [0, 0.05) is 24.2 Å². The lowest BCUT2D eigenvalue weighted by molar-refractivity contribution is -0.136. The van der Waals surface area contributed by atoms with Crippen LogP contribution in [0.3, 0.4) is 0 Å². The van der Waals surface area contributed by atoms with Gasteiger partial charge in [-0.3, -0.25) is 14.6 Å². The van der Waals surface area contributed by atoms with E-state index in [-0.39, 0.29) is 35.7 Å². The molecule has 60 heavy (non-hydrogen) atoms. The van der Waals surface area contributed by atoms with Crippen LogP contribution in [0.1, 0.15) is 88.9 Å². The number of rotatable bonds is 11. The quantitative estimate of drug-likeness (QED) is 0.111. The average molecular weight is 817 g/mol. The maximum absolute atomic E-state index is 13.9. The molecule has 3 aliphatic rings. The van der Waals surface area contributed by atoms with Crippen LogP contribution in [0.15, 0.2) is 61.1 Å². The number of carbonyl (C=O) groups excluding carboxylic acids is 4. The van der Waals surface area contributed by atoms with E-state index in [1.807, 2.05) is 61.2 Å². The van der Waals surface area contributed by atoms with Crippen LogP contribution in [0.4, 0.5) is 9.59 Å². The van der Waals surface area contributed by atoms with Crippen molar-refractivity contribution in [3.8, 4) is 33.8 Å². The van der Waals surface area contributed by atoms with E-state index >= 15 is 0 Å². The summed E-state index contributed by atoms with van der Waals surface area (Å²) in [5.41, 5.74) is 6.62. The highest BCUT2D eigenvalue weighted by molar-refractivity contribution is 5.87. The molecule has 1 unspecified atom stereocenters. The molecule has 4 N–H and O–H groups in total. The van der Waals surface area contributed by atoms with E-state index in [0.717, 1.165) is 102 Å². The number of methoxy groups -OCH3 is 2. The van der Waals surface area contributed by atoms with Gasteiger partial charge in [0.15, 0.2) is 0 Å². The maximum Gasteiger partial charge on any atom is 0.407 e. The van der Waals surface area contributed by atoms with Crippen molar-refractivity contribution in [1.29, 1.82) is 0 Å². The van der Waals surface area contributed by atoms with E-state index in [0.29, 0.717) is 18.9 Å². The predicted octanol–water partition coefficient (Wildman–Crippen LogP) is 6.70. The van der Waals surface area contributed by atoms with Gasteiger partial charge in [-0.25, -0.2) is 24.5 Å². The zero-order valence-electron chi connectivity index (χ0n) is 34.4. The third kappa shape index (κ3) is 8.27. The molecule has 8 rings (SSSR count). The monoisotopic (exact) mass is 816 g/mol. The molecule has 2 saturated heterocycles. The molecule has 3 aromatic heterocycles. The number of fused-ring (bicyclic) bond motifs is 1. The molecule has 3 fully saturated rings. The average Bonchev–Trinajstić information content (AvgIpc) is 4.13. The molecule has 2 aromatic carbocycles. The van der Waals surface area contributed by atoms with Crippen LogP contribution in [-0.4, -0.2) is 103 Å². The van der Waals surface area contributed by atoms with Gasteiger partial charge in [0.1, 0.15) is 23.7 Å². The van der Waals surface area contributed by atoms with Gasteiger partial charge in [0.05, 0.1) is 73.0 Å². The van der Waals surface area contributed by atoms with Crippen LogP contribution in [0, 0.1) is 11.8 Å². The summed E-state index contributed by atoms with van der Waals surface area (Å²) in [5.74, 6) is 1.18. The molecule has 4 amide bonds. The van der Waals surface area contributed by atoms with Crippen molar-refractivity contribution in [3.63, 3.8) is 0 Å². The molecule has 2 aliphatic heterocycles. The summed E-state index contributed by atoms with van der Waals surface area (Å²) in [4.78, 5) is 81.3. The second-order valence-electron chi connectivity index (χ2n) is 16.3. The number of likely N-dealkylation sites (tertiary alicyclic amines) is 2. The molecular weight excluding hydrogens is 765 g/mol. The molecule has 1 aliphatic carbocycles. The largest absolute Gasteiger partial charge is 0.453 e. The number of nitrogens with one attached hydrogen (secondary N) is 4. The number of carbonyl (C=O) groups is 4. The summed E-state index contributed by atoms with van der Waals surface area (Å²) in [6.07, 6.45) is 11.3. The van der Waals surface area contributed by atoms with E-state index in [1.54, 1.807) is 23.5 Å². The summed E-state index contributed by atoms with van der Waals surface area (Å²) in [7, 11) is 2.61. The molecule has 4 atom stereocenters. The number of imidazole rings is 2. The molecule has 5 heterocycles. The molecule has 16 nitrogen and oxygen atoms in total. The van der Waals surface area contributed by atoms with Crippen molar-refractivity contribution in [1.82, 2.24) is 50.3 Å². The molecule has 5 aromatic rings. The van der Waals surface area contributed by atoms with Crippen LogP contribution < -0.4 is 10.6 Å². The van der Waals surface area contributed by atoms with Gasteiger partial charge in [-0.15, -0.1) is 0 Å². The zero-order valence-corrected chi connectivity index (χ0v) is 34.4. The highest BCUT2D eigenvalue weighted by atomic mass is 16.5. The van der Waals surface area contributed by atoms with E-state index in [4.69, 9.17) is 24.4 Å². The molecule has 1 saturated carbocycles. The molecule has 0 radical (unpaired) electrons. The Morgan fingerprint density at radius 2 is 1.23 bits per heavy atom. The number of aromatic nitrogens is 6. The topological polar surface area (TPSA) is 200 Å². The predicted molar refractivity (Wildman–Crippen MR) is 223 cm³/mol. The molecule has 0 bridgehead atoms. The summed E-state index contributed by atoms with van der Waals surface area (Å²) < 4.78 is 9.63. The van der Waals surface area contributed by atoms with Crippen molar-refractivity contribution in [2.45, 2.75) is 89.4 Å². The van der Waals surface area contributed by atoms with Gasteiger partial charge in [0.25, 0.3) is 0 Å². The lowest BCUT2D eigenvalue weighted by Gasteiger charge is -2.31. The lowest BCUT2D eigenvalue weighted by atomic mass is 9.96. The first kappa shape index (κ1) is 40.5. The highest BCUT2D eigenvalue weighted by Crippen LogP contribution is 2.36. The summed E-state index contributed by atoms with van der Waals surface area (Å²) in [6.45, 7) is 4.98. The Morgan fingerprint density at radius 3 is 1.85 bits per heavy atom. The van der Waals surface area contributed by atoms with Crippen molar-refractivity contribution in [3.05, 3.63) is 72.7 Å². The number of H-pyrrole nitrogens is 2. The number of hydrogen-bond acceptors (Lipinski definition) is 10. The lowest BCUT2D eigenvalue weighted by Crippen LogP contribution is -2.51. The minimum absolute atomic E-state index is 0.0801. The molecule has 0 spiro atoms. The number of benzene rings is 2. The second kappa shape index (κ2) is 17.5. The Bertz CT molecular complexity index is 2350. The zero-order chi connectivity index (χ0) is 41.9. The van der Waals surface area contributed by atoms with Crippen molar-refractivity contribution in [2.24, 2.45) is 11.8 Å². The Labute approximate surface area is 348 Å². The first-order chi connectivity index (χ1) is 29.1. The standard InChI is InChI=1S/C44H52N10O6/c1-25(2)37(51-43(57)59-3)41(55)53-19-7-11-35(53)39-46-23-33(49-39)27-15-13-26(14-16-27)32-22-45-31-21-29(17-18-30(31)48-32)34-24-47-40(50-34)36-12-8-20-54(36)42(56)38(52-44(58)60-4)28-9-5-6-10-28/h13-18,21-25,28,35-38H,5-12,19-20H2,1-4H3,(H,46,49)(H,47,50)(H,51,57)(H,52,58)/t35-,36-,37-,38?/m0/s1. The highest BCUT2D eigenvalue weighted by Gasteiger charge is 2.41. The molecular formula is C44H52N10O6. The van der Waals surface area contributed by atoms with Gasteiger partial charge < -0.3 is 39.9 Å². The fourth-order valence-corrected chi connectivity index (χ4v) is 8.99. The summed E-state index contributed by atoms with van der Waals surface area (Å²) >= 11 is 0. The van der Waals surface area contributed by atoms with Crippen molar-refractivity contribution < 1.29 is 28.7 Å². The number of alkyl carbamates (subject to hydrolysis) is 2. The van der Waals surface area contributed by atoms with Gasteiger partial charge >= 0.3 is 12.2 Å². The minimum Gasteiger partial charge on any atom is -0.453 e. The van der Waals surface area contributed by atoms with Gasteiger partial charge in [-0.05, 0) is 68.1 Å². The third-order valence-corrected chi connectivity index (χ3v) is 12.2. The molecule has 314 valence electrons. The second-order valence-corrected chi connectivity index (χ2v) is 16.3. The van der Waals surface area contributed by atoms with E-state index < -0.39 is 24.3 Å². The van der Waals surface area contributed by atoms with Crippen LogP contribution in [0.25, 0.3) is 44.8 Å². The number of ether oxygens (including phenoxy) is 2. The van der Waals surface area contributed by atoms with Gasteiger partial charge in [0.2, 0.25) is 11.8 Å². The summed E-state index contributed by atoms with van der Waals surface area (Å²) in [5, 5.41) is 5.53. The number of amides is 4. The van der Waals surface area contributed by atoms with Crippen molar-refractivity contribution in [2.75, 3.05) is 27.3 Å². The SMILES string of the molecule is COC(=O)NC(C(=O)N1CCC[C@H]1c1ncc(-c2ccc3nc(-c4ccc(-c5cnc([C@@H]6CCCN6C(=O)[C@@H](NC(=O)OC)C(C)C)[nH]5)cc4)cnc3c2)[nH]1)C1CCCC1. The normalized spacial score (nSPS) is 19.1. The first-order valence-electron chi connectivity index (χ1n) is 20.9. The number of aromatic amines is 2. The number of nitrogens with zero attached hydrogens (tertiary/aromatic N) is 6. The maximum atomic E-state index is 13.9. The van der Waals surface area contributed by atoms with Crippen molar-refractivity contribution >= 4 is 35.0 Å². The van der Waals surface area contributed by atoms with E-state index in [9.17, 15) is 19.2 Å². The smallest absolute Gasteiger partial charge is 0.407 e. The third-order valence-electron chi connectivity index (χ3n) is 12.2. The van der Waals surface area contributed by atoms with Gasteiger partial charge in [-0.1, -0.05) is 57.0 Å². The fourth-order valence-electron chi connectivity index (χ4n) is 8.99. The van der Waals surface area contributed by atoms with Crippen LogP contribution in [0.5, 0.6) is 0 Å². The summed E-state index contributed by atoms with van der Waals surface area (Å²) in [6, 6.07) is 12.2. The van der Waals surface area contributed by atoms with Crippen LogP contribution in [0.2, 0.25) is 0 Å². The van der Waals surface area contributed by atoms with E-state index in [2.05, 4.69) is 25.6 Å². The van der Waals surface area contributed by atoms with E-state index in [1.165, 1.54) is 14.2 Å². The van der Waals surface area contributed by atoms with Crippen LogP contribution in [-0.2, 0) is 19.1 Å². The Hall–Kier alpha value is -6.32. The first-order valence-corrected chi connectivity index (χ1v) is 20.9. The fraction of sp³-hybridized carbons (Fsp3) is 0.455. The number of hydrogen-bond donors (Lipinski definition) is 4. The van der Waals surface area contributed by atoms with Crippen LogP contribution >= 0.6 is 0 Å². The minimum atomic E-state index is -0.697. The molecule has 16 heteroatoms. The van der Waals surface area contributed by atoms with Gasteiger partial charge in [-0.2, -0.15) is 0 Å². The Balaban J connectivity index is 0.936. The Morgan fingerprint density at radius 1 is 0.667 bits per heavy atom.